The lowest BCUT2D eigenvalue weighted by atomic mass is 10.4. The molecule has 0 radical (unpaired) electrons. The van der Waals surface area contributed by atoms with Crippen molar-refractivity contribution in [2.45, 2.75) is 11.0 Å². The summed E-state index contributed by atoms with van der Waals surface area (Å²) in [7, 11) is 0. The maximum atomic E-state index is 12.5. The van der Waals surface area contributed by atoms with Crippen LogP contribution in [0, 0.1) is 5.82 Å². The van der Waals surface area contributed by atoms with Crippen LogP contribution in [0.4, 0.5) is 4.39 Å². The number of hydrogen-bond donors (Lipinski definition) is 0. The van der Waals surface area contributed by atoms with E-state index in [2.05, 4.69) is 9.97 Å². The molecular weight excluding hydrogens is 203 g/mol. The highest BCUT2D eigenvalue weighted by molar-refractivity contribution is 7.98. The Morgan fingerprint density at radius 2 is 2.29 bits per heavy atom. The van der Waals surface area contributed by atoms with Gasteiger partial charge in [-0.3, -0.25) is 4.98 Å². The zero-order chi connectivity index (χ0) is 9.80. The van der Waals surface area contributed by atoms with E-state index in [4.69, 9.17) is 4.42 Å². The third-order valence-corrected chi connectivity index (χ3v) is 2.43. The summed E-state index contributed by atoms with van der Waals surface area (Å²) >= 11 is 1.42. The molecule has 2 rings (SSSR count). The molecule has 0 saturated heterocycles. The van der Waals surface area contributed by atoms with Crippen LogP contribution in [0.2, 0.25) is 0 Å². The summed E-state index contributed by atoms with van der Waals surface area (Å²) < 4.78 is 17.5. The second-order valence-corrected chi connectivity index (χ2v) is 3.48. The molecule has 0 fully saturated rings. The van der Waals surface area contributed by atoms with Crippen molar-refractivity contribution in [3.63, 3.8) is 0 Å². The summed E-state index contributed by atoms with van der Waals surface area (Å²) in [6, 6.07) is 3.03. The fourth-order valence-electron chi connectivity index (χ4n) is 0.909. The van der Waals surface area contributed by atoms with Crippen molar-refractivity contribution in [3.8, 4) is 0 Å². The summed E-state index contributed by atoms with van der Waals surface area (Å²) in [5.41, 5.74) is 0.801. The topological polar surface area (TPSA) is 38.9 Å². The first-order valence-electron chi connectivity index (χ1n) is 3.97. The van der Waals surface area contributed by atoms with Gasteiger partial charge >= 0.3 is 0 Å². The summed E-state index contributed by atoms with van der Waals surface area (Å²) in [5, 5.41) is 0.594. The largest absolute Gasteiger partial charge is 0.440 e. The SMILES string of the molecule is Fc1ccc(CSc2ncco2)nc1. The molecule has 0 bridgehead atoms. The van der Waals surface area contributed by atoms with Gasteiger partial charge < -0.3 is 4.42 Å². The quantitative estimate of drug-likeness (QED) is 0.729. The molecule has 0 atom stereocenters. The fourth-order valence-corrected chi connectivity index (χ4v) is 1.61. The highest BCUT2D eigenvalue weighted by Crippen LogP contribution is 2.19. The van der Waals surface area contributed by atoms with Crippen molar-refractivity contribution in [2.75, 3.05) is 0 Å². The van der Waals surface area contributed by atoms with Crippen LogP contribution in [0.25, 0.3) is 0 Å². The van der Waals surface area contributed by atoms with E-state index in [-0.39, 0.29) is 5.82 Å². The Labute approximate surface area is 84.4 Å². The average Bonchev–Trinajstić information content (AvgIpc) is 2.70. The minimum absolute atomic E-state index is 0.324. The molecule has 0 N–H and O–H groups in total. The van der Waals surface area contributed by atoms with E-state index in [9.17, 15) is 4.39 Å². The third-order valence-electron chi connectivity index (χ3n) is 1.54. The summed E-state index contributed by atoms with van der Waals surface area (Å²) in [5.74, 6) is 0.302. The highest BCUT2D eigenvalue weighted by Gasteiger charge is 2.00. The van der Waals surface area contributed by atoms with Crippen LogP contribution in [0.3, 0.4) is 0 Å². The van der Waals surface area contributed by atoms with Gasteiger partial charge in [0.2, 0.25) is 0 Å². The van der Waals surface area contributed by atoms with E-state index in [1.54, 1.807) is 12.3 Å². The molecule has 2 aromatic heterocycles. The van der Waals surface area contributed by atoms with Crippen molar-refractivity contribution in [2.24, 2.45) is 0 Å². The van der Waals surface area contributed by atoms with Crippen LogP contribution in [-0.4, -0.2) is 9.97 Å². The van der Waals surface area contributed by atoms with E-state index in [0.717, 1.165) is 5.69 Å². The van der Waals surface area contributed by atoms with Crippen molar-refractivity contribution < 1.29 is 8.81 Å². The third kappa shape index (κ3) is 2.32. The highest BCUT2D eigenvalue weighted by atomic mass is 32.2. The minimum atomic E-state index is -0.324. The Morgan fingerprint density at radius 3 is 2.93 bits per heavy atom. The van der Waals surface area contributed by atoms with Crippen LogP contribution >= 0.6 is 11.8 Å². The maximum Gasteiger partial charge on any atom is 0.255 e. The van der Waals surface area contributed by atoms with Gasteiger partial charge in [-0.15, -0.1) is 0 Å². The average molecular weight is 210 g/mol. The molecule has 2 heterocycles. The number of rotatable bonds is 3. The predicted molar refractivity (Wildman–Crippen MR) is 50.3 cm³/mol. The Kier molecular flexibility index (Phi) is 2.78. The summed E-state index contributed by atoms with van der Waals surface area (Å²) in [6.45, 7) is 0. The Hall–Kier alpha value is -1.36. The van der Waals surface area contributed by atoms with E-state index in [0.29, 0.717) is 11.0 Å². The standard InChI is InChI=1S/C9H7FN2OS/c10-7-1-2-8(12-5-7)6-14-9-11-3-4-13-9/h1-5H,6H2. The van der Waals surface area contributed by atoms with E-state index in [1.165, 1.54) is 30.3 Å². The number of thioether (sulfide) groups is 1. The Morgan fingerprint density at radius 1 is 1.36 bits per heavy atom. The number of aromatic nitrogens is 2. The molecule has 0 saturated carbocycles. The normalized spacial score (nSPS) is 10.4. The number of nitrogens with zero attached hydrogens (tertiary/aromatic N) is 2. The molecule has 0 aliphatic carbocycles. The number of oxazole rings is 1. The second kappa shape index (κ2) is 4.23. The number of halogens is 1. The van der Waals surface area contributed by atoms with Gasteiger partial charge in [-0.2, -0.15) is 0 Å². The van der Waals surface area contributed by atoms with Gasteiger partial charge in [-0.25, -0.2) is 9.37 Å². The molecule has 5 heteroatoms. The molecule has 3 nitrogen and oxygen atoms in total. The molecule has 0 spiro atoms. The zero-order valence-electron chi connectivity index (χ0n) is 7.18. The van der Waals surface area contributed by atoms with Gasteiger partial charge in [-0.1, -0.05) is 11.8 Å². The monoisotopic (exact) mass is 210 g/mol. The van der Waals surface area contributed by atoms with Crippen molar-refractivity contribution >= 4 is 11.8 Å². The van der Waals surface area contributed by atoms with Gasteiger partial charge in [-0.05, 0) is 12.1 Å². The van der Waals surface area contributed by atoms with Crippen LogP contribution in [0.5, 0.6) is 0 Å². The fraction of sp³-hybridized carbons (Fsp3) is 0.111. The molecule has 0 aromatic carbocycles. The lowest BCUT2D eigenvalue weighted by Gasteiger charge is -1.96. The smallest absolute Gasteiger partial charge is 0.255 e. The minimum Gasteiger partial charge on any atom is -0.440 e. The van der Waals surface area contributed by atoms with Gasteiger partial charge in [0.1, 0.15) is 12.1 Å². The maximum absolute atomic E-state index is 12.5. The van der Waals surface area contributed by atoms with Gasteiger partial charge in [0, 0.05) is 5.75 Å². The van der Waals surface area contributed by atoms with Crippen LogP contribution in [0.1, 0.15) is 5.69 Å². The van der Waals surface area contributed by atoms with Crippen molar-refractivity contribution in [1.82, 2.24) is 9.97 Å². The molecule has 0 aliphatic heterocycles. The lowest BCUT2D eigenvalue weighted by Crippen LogP contribution is -1.87. The Bertz CT molecular complexity index is 388. The first kappa shape index (κ1) is 9.21. The van der Waals surface area contributed by atoms with Gasteiger partial charge in [0.15, 0.2) is 0 Å². The Balaban J connectivity index is 1.95. The van der Waals surface area contributed by atoms with Crippen molar-refractivity contribution in [3.05, 3.63) is 42.3 Å². The molecular formula is C9H7FN2OS. The predicted octanol–water partition coefficient (Wildman–Crippen LogP) is 2.50. The van der Waals surface area contributed by atoms with E-state index in [1.807, 2.05) is 0 Å². The van der Waals surface area contributed by atoms with E-state index < -0.39 is 0 Å². The molecule has 72 valence electrons. The second-order valence-electron chi connectivity index (χ2n) is 2.55. The molecule has 0 amide bonds. The number of pyridine rings is 1. The molecule has 2 aromatic rings. The van der Waals surface area contributed by atoms with E-state index >= 15 is 0 Å². The first-order valence-corrected chi connectivity index (χ1v) is 4.96. The molecule has 14 heavy (non-hydrogen) atoms. The van der Waals surface area contributed by atoms with Crippen LogP contribution < -0.4 is 0 Å². The molecule has 0 aliphatic rings. The summed E-state index contributed by atoms with van der Waals surface area (Å²) in [4.78, 5) is 7.86. The first-order chi connectivity index (χ1) is 6.84. The van der Waals surface area contributed by atoms with Gasteiger partial charge in [0.05, 0.1) is 18.1 Å². The summed E-state index contributed by atoms with van der Waals surface area (Å²) in [6.07, 6.45) is 4.30. The zero-order valence-corrected chi connectivity index (χ0v) is 8.00. The van der Waals surface area contributed by atoms with Crippen molar-refractivity contribution in [1.29, 1.82) is 0 Å². The molecule has 0 unspecified atom stereocenters. The number of hydrogen-bond acceptors (Lipinski definition) is 4. The van der Waals surface area contributed by atoms with Crippen LogP contribution in [-0.2, 0) is 5.75 Å². The van der Waals surface area contributed by atoms with Crippen LogP contribution in [0.15, 0.2) is 40.4 Å². The van der Waals surface area contributed by atoms with Gasteiger partial charge in [0.25, 0.3) is 5.22 Å². The lowest BCUT2D eigenvalue weighted by molar-refractivity contribution is 0.454.